The molecule has 0 bridgehead atoms. The van der Waals surface area contributed by atoms with E-state index in [2.05, 4.69) is 5.32 Å². The molecule has 1 aromatic rings. The Morgan fingerprint density at radius 3 is 2.43 bits per heavy atom. The van der Waals surface area contributed by atoms with E-state index in [4.69, 9.17) is 5.11 Å². The van der Waals surface area contributed by atoms with E-state index in [1.165, 1.54) is 12.1 Å². The second kappa shape index (κ2) is 4.83. The van der Waals surface area contributed by atoms with Crippen LogP contribution in [-0.2, 0) is 9.59 Å². The van der Waals surface area contributed by atoms with Gasteiger partial charge in [-0.1, -0.05) is 19.9 Å². The van der Waals surface area contributed by atoms with Crippen molar-refractivity contribution >= 4 is 23.3 Å². The van der Waals surface area contributed by atoms with E-state index in [0.717, 1.165) is 0 Å². The first-order chi connectivity index (χ1) is 9.66. The van der Waals surface area contributed by atoms with Crippen LogP contribution in [0.2, 0.25) is 0 Å². The third kappa shape index (κ3) is 2.58. The summed E-state index contributed by atoms with van der Waals surface area (Å²) in [6.07, 6.45) is 0. The van der Waals surface area contributed by atoms with Gasteiger partial charge in [0.25, 0.3) is 5.69 Å². The summed E-state index contributed by atoms with van der Waals surface area (Å²) in [6.45, 7) is 5.15. The van der Waals surface area contributed by atoms with Gasteiger partial charge in [-0.3, -0.25) is 19.7 Å². The molecule has 1 aliphatic carbocycles. The van der Waals surface area contributed by atoms with Crippen LogP contribution in [0.25, 0.3) is 0 Å². The van der Waals surface area contributed by atoms with E-state index in [0.29, 0.717) is 11.3 Å². The number of rotatable bonds is 4. The van der Waals surface area contributed by atoms with Gasteiger partial charge < -0.3 is 10.4 Å². The normalized spacial score (nSPS) is 22.4. The molecular weight excluding hydrogens is 276 g/mol. The Kier molecular flexibility index (Phi) is 3.44. The number of hydrogen-bond acceptors (Lipinski definition) is 4. The summed E-state index contributed by atoms with van der Waals surface area (Å²) >= 11 is 0. The molecule has 0 radical (unpaired) electrons. The van der Waals surface area contributed by atoms with Crippen molar-refractivity contribution in [3.8, 4) is 0 Å². The van der Waals surface area contributed by atoms with Gasteiger partial charge in [-0.05, 0) is 17.9 Å². The maximum absolute atomic E-state index is 12.2. The summed E-state index contributed by atoms with van der Waals surface area (Å²) in [7, 11) is 0. The van der Waals surface area contributed by atoms with Gasteiger partial charge in [-0.2, -0.15) is 0 Å². The van der Waals surface area contributed by atoms with Gasteiger partial charge in [0.1, 0.15) is 0 Å². The van der Waals surface area contributed by atoms with Crippen LogP contribution < -0.4 is 5.32 Å². The van der Waals surface area contributed by atoms with E-state index in [-0.39, 0.29) is 5.69 Å². The van der Waals surface area contributed by atoms with Gasteiger partial charge in [0.2, 0.25) is 5.91 Å². The number of benzene rings is 1. The summed E-state index contributed by atoms with van der Waals surface area (Å²) in [5.74, 6) is -2.78. The highest BCUT2D eigenvalue weighted by Gasteiger charge is 2.65. The van der Waals surface area contributed by atoms with Gasteiger partial charge in [0.15, 0.2) is 0 Å². The molecular formula is C14H16N2O5. The zero-order valence-corrected chi connectivity index (χ0v) is 11.9. The molecule has 21 heavy (non-hydrogen) atoms. The SMILES string of the molecule is Cc1ccc([N+](=O)[O-])cc1NC(=O)[C@H]1[C@@H](C(=O)O)C1(C)C. The molecule has 1 saturated carbocycles. The predicted molar refractivity (Wildman–Crippen MR) is 74.9 cm³/mol. The van der Waals surface area contributed by atoms with Crippen LogP contribution in [-0.4, -0.2) is 21.9 Å². The lowest BCUT2D eigenvalue weighted by Gasteiger charge is -2.08. The van der Waals surface area contributed by atoms with Crippen LogP contribution in [0, 0.1) is 34.3 Å². The van der Waals surface area contributed by atoms with Gasteiger partial charge >= 0.3 is 5.97 Å². The number of nitro benzene ring substituents is 1. The molecule has 0 spiro atoms. The number of carboxylic acids is 1. The van der Waals surface area contributed by atoms with Crippen molar-refractivity contribution < 1.29 is 19.6 Å². The Hall–Kier alpha value is -2.44. The number of nitro groups is 1. The topological polar surface area (TPSA) is 110 Å². The fraction of sp³-hybridized carbons (Fsp3) is 0.429. The fourth-order valence-corrected chi connectivity index (χ4v) is 2.66. The first-order valence-electron chi connectivity index (χ1n) is 6.45. The van der Waals surface area contributed by atoms with Crippen molar-refractivity contribution in [3.05, 3.63) is 33.9 Å². The summed E-state index contributed by atoms with van der Waals surface area (Å²) in [5.41, 5.74) is 0.283. The number of amides is 1. The van der Waals surface area contributed by atoms with E-state index >= 15 is 0 Å². The monoisotopic (exact) mass is 292 g/mol. The lowest BCUT2D eigenvalue weighted by atomic mass is 10.1. The number of aryl methyl sites for hydroxylation is 1. The maximum atomic E-state index is 12.2. The molecule has 2 N–H and O–H groups in total. The van der Waals surface area contributed by atoms with Crippen LogP contribution in [0.4, 0.5) is 11.4 Å². The Balaban J connectivity index is 2.20. The number of anilines is 1. The van der Waals surface area contributed by atoms with Gasteiger partial charge in [-0.15, -0.1) is 0 Å². The average molecular weight is 292 g/mol. The summed E-state index contributed by atoms with van der Waals surface area (Å²) in [5, 5.41) is 22.4. The van der Waals surface area contributed by atoms with Crippen LogP contribution in [0.3, 0.4) is 0 Å². The van der Waals surface area contributed by atoms with E-state index in [9.17, 15) is 19.7 Å². The van der Waals surface area contributed by atoms with Crippen LogP contribution >= 0.6 is 0 Å². The highest BCUT2D eigenvalue weighted by Crippen LogP contribution is 2.58. The second-order valence-corrected chi connectivity index (χ2v) is 5.86. The first-order valence-corrected chi connectivity index (χ1v) is 6.45. The molecule has 1 fully saturated rings. The number of carbonyl (C=O) groups is 2. The van der Waals surface area contributed by atoms with E-state index in [1.54, 1.807) is 26.8 Å². The van der Waals surface area contributed by atoms with Crippen LogP contribution in [0.5, 0.6) is 0 Å². The number of carbonyl (C=O) groups excluding carboxylic acids is 1. The van der Waals surface area contributed by atoms with Crippen LogP contribution in [0.15, 0.2) is 18.2 Å². The summed E-state index contributed by atoms with van der Waals surface area (Å²) < 4.78 is 0. The largest absolute Gasteiger partial charge is 0.481 e. The highest BCUT2D eigenvalue weighted by atomic mass is 16.6. The summed E-state index contributed by atoms with van der Waals surface area (Å²) in [6, 6.07) is 4.17. The second-order valence-electron chi connectivity index (χ2n) is 5.86. The molecule has 2 rings (SSSR count). The molecule has 0 saturated heterocycles. The minimum Gasteiger partial charge on any atom is -0.481 e. The maximum Gasteiger partial charge on any atom is 0.307 e. The third-order valence-electron chi connectivity index (χ3n) is 4.07. The predicted octanol–water partition coefficient (Wildman–Crippen LogP) is 2.20. The first kappa shape index (κ1) is 15.0. The molecule has 0 heterocycles. The fourth-order valence-electron chi connectivity index (χ4n) is 2.66. The standard InChI is InChI=1S/C14H16N2O5/c1-7-4-5-8(16(20)21)6-9(7)15-12(17)10-11(13(18)19)14(10,2)3/h4-6,10-11H,1-3H3,(H,15,17)(H,18,19)/t10-,11+/m1/s1. The molecule has 0 aromatic heterocycles. The molecule has 1 aliphatic rings. The molecule has 1 amide bonds. The van der Waals surface area contributed by atoms with Gasteiger partial charge in [-0.25, -0.2) is 0 Å². The quantitative estimate of drug-likeness (QED) is 0.653. The number of nitrogens with zero attached hydrogens (tertiary/aromatic N) is 1. The molecule has 7 heteroatoms. The molecule has 112 valence electrons. The lowest BCUT2D eigenvalue weighted by molar-refractivity contribution is -0.384. The lowest BCUT2D eigenvalue weighted by Crippen LogP contribution is -2.18. The Morgan fingerprint density at radius 1 is 1.33 bits per heavy atom. The minimum atomic E-state index is -1.00. The molecule has 0 unspecified atom stereocenters. The van der Waals surface area contributed by atoms with Crippen molar-refractivity contribution in [2.75, 3.05) is 5.32 Å². The van der Waals surface area contributed by atoms with Gasteiger partial charge in [0, 0.05) is 12.1 Å². The van der Waals surface area contributed by atoms with Crippen molar-refractivity contribution in [1.29, 1.82) is 0 Å². The van der Waals surface area contributed by atoms with Crippen molar-refractivity contribution in [2.45, 2.75) is 20.8 Å². The third-order valence-corrected chi connectivity index (χ3v) is 4.07. The number of hydrogen-bond donors (Lipinski definition) is 2. The zero-order valence-electron chi connectivity index (χ0n) is 11.9. The van der Waals surface area contributed by atoms with Crippen molar-refractivity contribution in [3.63, 3.8) is 0 Å². The highest BCUT2D eigenvalue weighted by molar-refractivity contribution is 6.00. The number of carboxylic acid groups (broad SMARTS) is 1. The smallest absolute Gasteiger partial charge is 0.307 e. The molecule has 1 aromatic carbocycles. The Morgan fingerprint density at radius 2 is 1.95 bits per heavy atom. The summed E-state index contributed by atoms with van der Waals surface area (Å²) in [4.78, 5) is 33.5. The minimum absolute atomic E-state index is 0.124. The molecule has 7 nitrogen and oxygen atoms in total. The number of nitrogens with one attached hydrogen (secondary N) is 1. The molecule has 2 atom stereocenters. The number of aliphatic carboxylic acids is 1. The van der Waals surface area contributed by atoms with E-state index in [1.807, 2.05) is 0 Å². The van der Waals surface area contributed by atoms with E-state index < -0.39 is 34.1 Å². The average Bonchev–Trinajstić information content (AvgIpc) is 2.95. The Bertz CT molecular complexity index is 638. The molecule has 0 aliphatic heterocycles. The van der Waals surface area contributed by atoms with Gasteiger partial charge in [0.05, 0.1) is 22.4 Å². The zero-order chi connectivity index (χ0) is 15.9. The Labute approximate surface area is 121 Å². The van der Waals surface area contributed by atoms with Crippen molar-refractivity contribution in [1.82, 2.24) is 0 Å². The number of non-ortho nitro benzene ring substituents is 1. The van der Waals surface area contributed by atoms with Crippen molar-refractivity contribution in [2.24, 2.45) is 17.3 Å². The van der Waals surface area contributed by atoms with Crippen LogP contribution in [0.1, 0.15) is 19.4 Å².